The number of para-hydroxylation sites is 13. The Hall–Kier alpha value is -18.4. The van der Waals surface area contributed by atoms with E-state index in [9.17, 15) is 4.39 Å². The van der Waals surface area contributed by atoms with Gasteiger partial charge >= 0.3 is 0 Å². The van der Waals surface area contributed by atoms with E-state index in [1.54, 1.807) is 24.3 Å². The van der Waals surface area contributed by atoms with Crippen molar-refractivity contribution in [1.82, 2.24) is 0 Å². The van der Waals surface area contributed by atoms with Crippen LogP contribution >= 0.6 is 0 Å². The van der Waals surface area contributed by atoms with Crippen LogP contribution in [0.2, 0.25) is 19.6 Å². The van der Waals surface area contributed by atoms with Crippen molar-refractivity contribution in [2.75, 3.05) is 31.9 Å². The highest BCUT2D eigenvalue weighted by atomic mass is 28.3. The molecule has 26 aromatic rings. The number of nitriles is 1. The van der Waals surface area contributed by atoms with Crippen LogP contribution in [0.15, 0.2) is 488 Å². The highest BCUT2D eigenvalue weighted by molar-refractivity contribution is 6.88. The van der Waals surface area contributed by atoms with E-state index in [-0.39, 0.29) is 5.82 Å². The molecule has 0 amide bonds. The first-order chi connectivity index (χ1) is 69.7. The van der Waals surface area contributed by atoms with Gasteiger partial charge in [0, 0.05) is 104 Å². The Morgan fingerprint density at radius 2 is 0.493 bits per heavy atom. The zero-order valence-electron chi connectivity index (χ0n) is 78.7. The smallest absolute Gasteiger partial charge is 0.158 e. The lowest BCUT2D eigenvalue weighted by atomic mass is 10.0. The van der Waals surface area contributed by atoms with Crippen molar-refractivity contribution in [1.29, 1.82) is 5.26 Å². The molecule has 26 rings (SSSR count). The van der Waals surface area contributed by atoms with E-state index in [4.69, 9.17) is 31.8 Å². The molecule has 6 N–H and O–H groups in total. The van der Waals surface area contributed by atoms with Gasteiger partial charge in [0.05, 0.1) is 53.8 Å². The van der Waals surface area contributed by atoms with Crippen LogP contribution in [0.1, 0.15) is 30.9 Å². The Balaban J connectivity index is 0.000000101. The largest absolute Gasteiger partial charge is 0.454 e. The zero-order chi connectivity index (χ0) is 96.4. The molecule has 6 heterocycles. The van der Waals surface area contributed by atoms with Crippen LogP contribution in [0.25, 0.3) is 154 Å². The van der Waals surface area contributed by atoms with Crippen molar-refractivity contribution in [2.45, 2.75) is 39.4 Å². The predicted molar refractivity (Wildman–Crippen MR) is 593 cm³/mol. The van der Waals surface area contributed by atoms with Crippen molar-refractivity contribution in [2.24, 2.45) is 0 Å². The summed E-state index contributed by atoms with van der Waals surface area (Å²) in [6.45, 7) is 11.5. The molecule has 0 saturated carbocycles. The maximum absolute atomic E-state index is 13.0. The molecule has 0 atom stereocenters. The van der Waals surface area contributed by atoms with Crippen molar-refractivity contribution in [3.8, 4) is 28.3 Å². The van der Waals surface area contributed by atoms with Gasteiger partial charge in [-0.3, -0.25) is 0 Å². The van der Waals surface area contributed by atoms with E-state index < -0.39 is 8.07 Å². The fraction of sp³-hybridized carbons (Fsp3) is 0.0472. The van der Waals surface area contributed by atoms with E-state index in [2.05, 4.69) is 320 Å². The van der Waals surface area contributed by atoms with Gasteiger partial charge in [0.2, 0.25) is 0 Å². The molecule has 0 bridgehead atoms. The Bertz CT molecular complexity index is 9030. The summed E-state index contributed by atoms with van der Waals surface area (Å²) in [5.74, 6) is 0.297. The van der Waals surface area contributed by atoms with Crippen LogP contribution < -0.4 is 37.1 Å². The van der Waals surface area contributed by atoms with Crippen molar-refractivity contribution in [3.05, 3.63) is 478 Å². The quantitative estimate of drug-likeness (QED) is 0.0505. The second-order valence-corrected chi connectivity index (χ2v) is 41.2. The normalized spacial score (nSPS) is 11.2. The highest BCUT2D eigenvalue weighted by Crippen LogP contribution is 2.44. The van der Waals surface area contributed by atoms with Crippen molar-refractivity contribution >= 4 is 213 Å². The number of hydrogen-bond donors (Lipinski definition) is 6. The molecule has 0 fully saturated rings. The molecule has 0 aliphatic heterocycles. The molecule has 0 spiro atoms. The van der Waals surface area contributed by atoms with Gasteiger partial charge in [0.15, 0.2) is 33.5 Å². The minimum atomic E-state index is -1.26. The van der Waals surface area contributed by atoms with Crippen LogP contribution in [0.4, 0.5) is 72.6 Å². The Labute approximate surface area is 821 Å². The summed E-state index contributed by atoms with van der Waals surface area (Å²) < 4.78 is 49.3. The fourth-order valence-electron chi connectivity index (χ4n) is 18.0. The Morgan fingerprint density at radius 1 is 0.232 bits per heavy atom. The fourth-order valence-corrected chi connectivity index (χ4v) is 19.2. The third-order valence-electron chi connectivity index (χ3n) is 25.3. The first-order valence-electron chi connectivity index (χ1n) is 47.5. The Morgan fingerprint density at radius 3 is 0.831 bits per heavy atom. The average Bonchev–Trinajstić information content (AvgIpc) is 1.64. The number of rotatable bonds is 16. The number of anilines is 12. The summed E-state index contributed by atoms with van der Waals surface area (Å²) in [6, 6.07) is 156. The van der Waals surface area contributed by atoms with Crippen LogP contribution in [0, 0.1) is 17.1 Å². The van der Waals surface area contributed by atoms with Crippen LogP contribution in [-0.2, 0) is 0 Å². The monoisotopic (exact) mass is 1860 g/mol. The van der Waals surface area contributed by atoms with Gasteiger partial charge in [-0.2, -0.15) is 5.26 Å². The standard InChI is InChI=1S/2C24H17NO.C21H21NOSi.C21H19NO.C19H12N2O.C18H12FNO/c1-2-9-17(10-3-1)18-11-4-6-14-21(18)25-22-15-8-13-20-19-12-5-7-16-23(19)26-24(20)22;1-2-8-17(9-3-1)18-10-6-11-19(16-18)25-22-14-7-13-21-20-12-4-5-15-23(20)26-24(21)22;1-24(2,3)16-13-11-15(12-14-16)22-19-9-6-8-18-17-7-4-5-10-20(17)23-21(18)19;1-14(2)15-10-12-16(13-11-15)22-19-8-5-7-18-17-6-3-4-9-20(17)23-21(18)19;20-12-13-8-10-14(11-9-13)21-17-6-3-5-16-15-4-1-2-7-18(15)22-19(16)17;19-12-8-10-13(11-9-12)20-16-6-3-5-15-14-4-1-2-7-17(14)21-18(15)16/h2*1-16,25H;4-14,22H,1-3H3;3-14,22H,1-2H3;1-11,21H;1-11,20H. The maximum Gasteiger partial charge on any atom is 0.158 e. The van der Waals surface area contributed by atoms with Crippen LogP contribution in [-0.4, -0.2) is 8.07 Å². The number of halogens is 1. The lowest BCUT2D eigenvalue weighted by Crippen LogP contribution is -2.37. The highest BCUT2D eigenvalue weighted by Gasteiger charge is 2.21. The van der Waals surface area contributed by atoms with Gasteiger partial charge in [-0.1, -0.05) is 336 Å². The molecule has 20 aromatic carbocycles. The van der Waals surface area contributed by atoms with Gasteiger partial charge in [-0.25, -0.2) is 4.39 Å². The number of nitrogens with one attached hydrogen (secondary N) is 6. The zero-order valence-corrected chi connectivity index (χ0v) is 79.7. The van der Waals surface area contributed by atoms with Crippen molar-refractivity contribution in [3.63, 3.8) is 0 Å². The third kappa shape index (κ3) is 19.6. The van der Waals surface area contributed by atoms with E-state index in [1.165, 1.54) is 45.1 Å². The number of benzene rings is 20. The molecule has 13 nitrogen and oxygen atoms in total. The molecule has 15 heteroatoms. The van der Waals surface area contributed by atoms with Gasteiger partial charge < -0.3 is 58.4 Å². The second-order valence-electron chi connectivity index (χ2n) is 36.1. The maximum atomic E-state index is 13.0. The third-order valence-corrected chi connectivity index (χ3v) is 27.3. The summed E-state index contributed by atoms with van der Waals surface area (Å²) in [4.78, 5) is 0. The lowest BCUT2D eigenvalue weighted by Gasteiger charge is -2.17. The molecular formula is C127H98FN7O6Si. The first kappa shape index (κ1) is 90.1. The number of hydrogen-bond acceptors (Lipinski definition) is 13. The summed E-state index contributed by atoms with van der Waals surface area (Å²) in [7, 11) is -1.26. The average molecular weight is 1870 g/mol. The van der Waals surface area contributed by atoms with E-state index in [0.717, 1.165) is 200 Å². The van der Waals surface area contributed by atoms with Crippen LogP contribution in [0.3, 0.4) is 0 Å². The minimum absolute atomic E-state index is 0.248. The van der Waals surface area contributed by atoms with Gasteiger partial charge in [0.25, 0.3) is 0 Å². The van der Waals surface area contributed by atoms with E-state index in [0.29, 0.717) is 11.5 Å². The lowest BCUT2D eigenvalue weighted by molar-refractivity contribution is 0.628. The molecule has 0 unspecified atom stereocenters. The van der Waals surface area contributed by atoms with Crippen LogP contribution in [0.5, 0.6) is 0 Å². The predicted octanol–water partition coefficient (Wildman–Crippen LogP) is 37.0. The summed E-state index contributed by atoms with van der Waals surface area (Å²) in [6.07, 6.45) is 0. The van der Waals surface area contributed by atoms with Gasteiger partial charge in [-0.05, 0) is 192 Å². The molecule has 0 aliphatic rings. The van der Waals surface area contributed by atoms with Crippen molar-refractivity contribution < 1.29 is 30.9 Å². The SMILES string of the molecule is CC(C)c1ccc(Nc2cccc3c2oc2ccccc23)cc1.C[Si](C)(C)c1ccc(Nc2cccc3c2oc2ccccc23)cc1.Fc1ccc(Nc2cccc3c2oc2ccccc23)cc1.N#Cc1ccc(Nc2cccc3c2oc2ccccc23)cc1.c1ccc(-c2cccc(Nc3cccc4c3oc3ccccc34)c2)cc1.c1ccc(-c2ccccc2Nc2cccc3c2oc2ccccc23)cc1. The topological polar surface area (TPSA) is 175 Å². The number of furan rings is 6. The molecule has 688 valence electrons. The Kier molecular flexibility index (Phi) is 25.7. The summed E-state index contributed by atoms with van der Waals surface area (Å²) >= 11 is 0. The second kappa shape index (κ2) is 40.5. The number of fused-ring (bicyclic) bond motifs is 18. The summed E-state index contributed by atoms with van der Waals surface area (Å²) in [5, 5.41) is 44.6. The molecule has 0 radical (unpaired) electrons. The van der Waals surface area contributed by atoms with Gasteiger partial charge in [-0.15, -0.1) is 0 Å². The summed E-state index contributed by atoms with van der Waals surface area (Å²) in [5.41, 5.74) is 29.1. The minimum Gasteiger partial charge on any atom is -0.454 e. The van der Waals surface area contributed by atoms with E-state index in [1.807, 2.05) is 176 Å². The molecule has 0 saturated heterocycles. The first-order valence-corrected chi connectivity index (χ1v) is 51.0. The number of nitrogens with zero attached hydrogens (tertiary/aromatic N) is 1. The molecular weight excluding hydrogens is 1770 g/mol. The van der Waals surface area contributed by atoms with Gasteiger partial charge in [0.1, 0.15) is 39.3 Å². The van der Waals surface area contributed by atoms with E-state index >= 15 is 0 Å². The molecule has 0 aliphatic carbocycles. The molecule has 6 aromatic heterocycles. The molecule has 142 heavy (non-hydrogen) atoms.